The van der Waals surface area contributed by atoms with Crippen LogP contribution in [0.15, 0.2) is 24.3 Å². The van der Waals surface area contributed by atoms with Gasteiger partial charge in [-0.2, -0.15) is 0 Å². The molecule has 2 heterocycles. The molecule has 3 rings (SSSR count). The lowest BCUT2D eigenvalue weighted by Crippen LogP contribution is -2.54. The third-order valence-electron chi connectivity index (χ3n) is 7.03. The largest absolute Gasteiger partial charge is 0.368 e. The monoisotopic (exact) mass is 462 g/mol. The minimum Gasteiger partial charge on any atom is -0.368 e. The second-order valence-corrected chi connectivity index (χ2v) is 10.3. The van der Waals surface area contributed by atoms with Crippen molar-refractivity contribution in [3.63, 3.8) is 0 Å². The number of primary amides is 1. The van der Waals surface area contributed by atoms with Crippen molar-refractivity contribution in [3.8, 4) is 0 Å². The Morgan fingerprint density at radius 3 is 2.28 bits per heavy atom. The van der Waals surface area contributed by atoms with Gasteiger partial charge in [0.2, 0.25) is 11.8 Å². The zero-order valence-corrected chi connectivity index (χ0v) is 20.6. The van der Waals surface area contributed by atoms with E-state index in [1.54, 1.807) is 0 Å². The summed E-state index contributed by atoms with van der Waals surface area (Å²) in [6, 6.07) is 8.48. The number of nitrogens with zero attached hydrogens (tertiary/aromatic N) is 3. The summed E-state index contributed by atoms with van der Waals surface area (Å²) in [7, 11) is 0. The van der Waals surface area contributed by atoms with Gasteiger partial charge in [0.1, 0.15) is 0 Å². The first-order valence-electron chi connectivity index (χ1n) is 12.1. The van der Waals surface area contributed by atoms with Crippen LogP contribution in [0.3, 0.4) is 0 Å². The number of carbonyl (C=O) groups excluding carboxylic acids is 2. The third-order valence-corrected chi connectivity index (χ3v) is 7.28. The summed E-state index contributed by atoms with van der Waals surface area (Å²) >= 11 is 5.96. The molecule has 0 bridgehead atoms. The van der Waals surface area contributed by atoms with Crippen molar-refractivity contribution in [2.75, 3.05) is 32.7 Å². The predicted octanol–water partition coefficient (Wildman–Crippen LogP) is 3.17. The minimum atomic E-state index is -0.244. The van der Waals surface area contributed by atoms with Gasteiger partial charge in [0.25, 0.3) is 0 Å². The van der Waals surface area contributed by atoms with Crippen molar-refractivity contribution in [1.82, 2.24) is 14.7 Å². The number of likely N-dealkylation sites (tertiary alicyclic amines) is 2. The van der Waals surface area contributed by atoms with Crippen LogP contribution in [-0.2, 0) is 16.0 Å². The lowest BCUT2D eigenvalue weighted by molar-refractivity contribution is -0.130. The van der Waals surface area contributed by atoms with Crippen molar-refractivity contribution in [2.45, 2.75) is 71.0 Å². The van der Waals surface area contributed by atoms with Gasteiger partial charge >= 0.3 is 0 Å². The highest BCUT2D eigenvalue weighted by Gasteiger charge is 2.36. The van der Waals surface area contributed by atoms with E-state index in [2.05, 4.69) is 28.5 Å². The average Bonchev–Trinajstić information content (AvgIpc) is 3.26. The summed E-state index contributed by atoms with van der Waals surface area (Å²) in [6.45, 7) is 11.0. The highest BCUT2D eigenvalue weighted by atomic mass is 35.5. The molecular formula is C25H39ClN4O2. The Morgan fingerprint density at radius 2 is 1.69 bits per heavy atom. The van der Waals surface area contributed by atoms with Gasteiger partial charge in [0.05, 0.1) is 6.04 Å². The topological polar surface area (TPSA) is 69.9 Å². The van der Waals surface area contributed by atoms with Gasteiger partial charge in [0, 0.05) is 56.3 Å². The van der Waals surface area contributed by atoms with Crippen molar-refractivity contribution < 1.29 is 9.59 Å². The number of benzene rings is 1. The number of rotatable bonds is 9. The molecule has 2 amide bonds. The Morgan fingerprint density at radius 1 is 1.06 bits per heavy atom. The maximum absolute atomic E-state index is 12.9. The van der Waals surface area contributed by atoms with Crippen LogP contribution in [0.2, 0.25) is 5.02 Å². The van der Waals surface area contributed by atoms with E-state index in [1.807, 2.05) is 31.2 Å². The molecule has 2 N–H and O–H groups in total. The summed E-state index contributed by atoms with van der Waals surface area (Å²) in [5.74, 6) is 0.579. The van der Waals surface area contributed by atoms with Crippen molar-refractivity contribution in [2.24, 2.45) is 11.7 Å². The number of hydrogen-bond donors (Lipinski definition) is 1. The molecule has 32 heavy (non-hydrogen) atoms. The van der Waals surface area contributed by atoms with Gasteiger partial charge in [0.15, 0.2) is 0 Å². The molecule has 0 aromatic heterocycles. The fourth-order valence-electron chi connectivity index (χ4n) is 5.10. The molecule has 0 unspecified atom stereocenters. The van der Waals surface area contributed by atoms with Crippen LogP contribution in [0.4, 0.5) is 0 Å². The second-order valence-electron chi connectivity index (χ2n) is 9.84. The lowest BCUT2D eigenvalue weighted by Gasteiger charge is -2.43. The summed E-state index contributed by atoms with van der Waals surface area (Å²) in [5.41, 5.74) is 6.65. The van der Waals surface area contributed by atoms with Crippen molar-refractivity contribution in [3.05, 3.63) is 34.9 Å². The van der Waals surface area contributed by atoms with Crippen LogP contribution in [0, 0.1) is 5.92 Å². The van der Waals surface area contributed by atoms with Crippen LogP contribution >= 0.6 is 11.6 Å². The number of halogens is 1. The molecule has 2 atom stereocenters. The number of piperidine rings is 1. The van der Waals surface area contributed by atoms with Crippen LogP contribution < -0.4 is 5.73 Å². The lowest BCUT2D eigenvalue weighted by atomic mass is 9.98. The van der Waals surface area contributed by atoms with Gasteiger partial charge < -0.3 is 10.6 Å². The van der Waals surface area contributed by atoms with E-state index in [9.17, 15) is 9.59 Å². The van der Waals surface area contributed by atoms with E-state index >= 15 is 0 Å². The minimum absolute atomic E-state index is 0.199. The highest BCUT2D eigenvalue weighted by Crippen LogP contribution is 2.26. The normalized spacial score (nSPS) is 21.4. The maximum atomic E-state index is 12.9. The Kier molecular flexibility index (Phi) is 8.97. The summed E-state index contributed by atoms with van der Waals surface area (Å²) in [5, 5.41) is 0.725. The fourth-order valence-corrected chi connectivity index (χ4v) is 5.23. The number of nitrogens with two attached hydrogens (primary N) is 1. The van der Waals surface area contributed by atoms with Crippen LogP contribution in [0.25, 0.3) is 0 Å². The number of carbonyl (C=O) groups is 2. The molecule has 2 aliphatic rings. The quantitative estimate of drug-likeness (QED) is 0.612. The number of aryl methyl sites for hydroxylation is 1. The molecule has 0 saturated carbocycles. The molecule has 7 heteroatoms. The first-order valence-corrected chi connectivity index (χ1v) is 12.4. The third kappa shape index (κ3) is 6.69. The highest BCUT2D eigenvalue weighted by molar-refractivity contribution is 6.30. The van der Waals surface area contributed by atoms with Gasteiger partial charge in [-0.25, -0.2) is 0 Å². The Bertz CT molecular complexity index is 762. The first kappa shape index (κ1) is 25.0. The van der Waals surface area contributed by atoms with E-state index in [4.69, 9.17) is 17.3 Å². The summed E-state index contributed by atoms with van der Waals surface area (Å²) in [6.07, 6.45) is 4.43. The van der Waals surface area contributed by atoms with E-state index < -0.39 is 0 Å². The summed E-state index contributed by atoms with van der Waals surface area (Å²) < 4.78 is 0. The predicted molar refractivity (Wildman–Crippen MR) is 130 cm³/mol. The van der Waals surface area contributed by atoms with E-state index in [-0.39, 0.29) is 17.9 Å². The molecule has 0 aliphatic carbocycles. The molecule has 6 nitrogen and oxygen atoms in total. The smallest absolute Gasteiger partial charge is 0.234 e. The van der Waals surface area contributed by atoms with Gasteiger partial charge in [-0.15, -0.1) is 0 Å². The van der Waals surface area contributed by atoms with E-state index in [1.165, 1.54) is 0 Å². The van der Waals surface area contributed by atoms with Crippen molar-refractivity contribution in [1.29, 1.82) is 0 Å². The summed E-state index contributed by atoms with van der Waals surface area (Å²) in [4.78, 5) is 31.3. The molecule has 0 radical (unpaired) electrons. The molecule has 178 valence electrons. The first-order chi connectivity index (χ1) is 15.2. The molecule has 0 spiro atoms. The fraction of sp³-hybridized carbons (Fsp3) is 0.680. The van der Waals surface area contributed by atoms with Gasteiger partial charge in [-0.1, -0.05) is 37.6 Å². The standard InChI is InChI=1S/C25H39ClN4O2/c1-18(2)16-30(22-10-13-28(14-11-22)19(3)25(27)32)23-12-15-29(17-23)24(31)9-6-20-4-7-21(26)8-5-20/h4-5,7-8,18-19,22-23H,6,9-17H2,1-3H3,(H2,27,32)/t19-,23+/m0/s1. The van der Waals surface area contributed by atoms with Crippen LogP contribution in [-0.4, -0.2) is 77.4 Å². The maximum Gasteiger partial charge on any atom is 0.234 e. The molecule has 2 saturated heterocycles. The van der Waals surface area contributed by atoms with E-state index in [0.29, 0.717) is 24.4 Å². The Balaban J connectivity index is 1.54. The molecule has 1 aromatic rings. The molecule has 2 aliphatic heterocycles. The molecular weight excluding hydrogens is 424 g/mol. The van der Waals surface area contributed by atoms with Gasteiger partial charge in [-0.05, 0) is 56.2 Å². The SMILES string of the molecule is CC(C)CN(C1CCN([C@@H](C)C(N)=O)CC1)[C@@H]1CCN(C(=O)CCc2ccc(Cl)cc2)C1. The Labute approximate surface area is 198 Å². The molecule has 2 fully saturated rings. The second kappa shape index (κ2) is 11.5. The number of amides is 2. The van der Waals surface area contributed by atoms with Gasteiger partial charge in [-0.3, -0.25) is 19.4 Å². The van der Waals surface area contributed by atoms with Crippen LogP contribution in [0.1, 0.15) is 52.0 Å². The Hall–Kier alpha value is -1.63. The van der Waals surface area contributed by atoms with Crippen LogP contribution in [0.5, 0.6) is 0 Å². The number of hydrogen-bond acceptors (Lipinski definition) is 4. The average molecular weight is 463 g/mol. The zero-order valence-electron chi connectivity index (χ0n) is 19.8. The molecule has 1 aromatic carbocycles. The van der Waals surface area contributed by atoms with E-state index in [0.717, 1.165) is 69.0 Å². The van der Waals surface area contributed by atoms with Crippen molar-refractivity contribution >= 4 is 23.4 Å². The zero-order chi connectivity index (χ0) is 23.3.